The molecule has 0 amide bonds. The van der Waals surface area contributed by atoms with E-state index in [1.54, 1.807) is 0 Å². The molecule has 2 nitrogen and oxygen atoms in total. The quantitative estimate of drug-likeness (QED) is 0.820. The van der Waals surface area contributed by atoms with Crippen LogP contribution in [0.5, 0.6) is 0 Å². The lowest BCUT2D eigenvalue weighted by molar-refractivity contribution is 0.133. The lowest BCUT2D eigenvalue weighted by atomic mass is 9.85. The summed E-state index contributed by atoms with van der Waals surface area (Å²) in [6.45, 7) is 3.91. The Labute approximate surface area is 87.3 Å². The van der Waals surface area contributed by atoms with Gasteiger partial charge in [-0.2, -0.15) is 0 Å². The fourth-order valence-electron chi connectivity index (χ4n) is 0.981. The topological polar surface area (TPSA) is 46.2 Å². The average Bonchev–Trinajstić information content (AvgIpc) is 2.50. The van der Waals surface area contributed by atoms with E-state index in [4.69, 9.17) is 22.4 Å². The van der Waals surface area contributed by atoms with Crippen LogP contribution in [0.25, 0.3) is 0 Å². The first-order chi connectivity index (χ1) is 5.99. The van der Waals surface area contributed by atoms with Gasteiger partial charge in [0.05, 0.1) is 11.6 Å². The van der Waals surface area contributed by atoms with E-state index in [9.17, 15) is 0 Å². The SMILES string of the molecule is CC(C)(CO)[C@H](N)c1sccc1Cl. The van der Waals surface area contributed by atoms with Crippen molar-refractivity contribution in [1.82, 2.24) is 0 Å². The third-order valence-electron chi connectivity index (χ3n) is 2.18. The van der Waals surface area contributed by atoms with Gasteiger partial charge in [0.2, 0.25) is 0 Å². The molecule has 1 atom stereocenters. The minimum atomic E-state index is -0.325. The molecular weight excluding hydrogens is 206 g/mol. The van der Waals surface area contributed by atoms with Crippen LogP contribution in [0.3, 0.4) is 0 Å². The summed E-state index contributed by atoms with van der Waals surface area (Å²) >= 11 is 7.48. The Bertz CT molecular complexity index is 285. The van der Waals surface area contributed by atoms with E-state index in [1.165, 1.54) is 11.3 Å². The maximum atomic E-state index is 9.14. The van der Waals surface area contributed by atoms with E-state index in [-0.39, 0.29) is 18.1 Å². The van der Waals surface area contributed by atoms with Gasteiger partial charge in [0.25, 0.3) is 0 Å². The summed E-state index contributed by atoms with van der Waals surface area (Å²) in [5.74, 6) is 0. The van der Waals surface area contributed by atoms with Crippen LogP contribution >= 0.6 is 22.9 Å². The highest BCUT2D eigenvalue weighted by molar-refractivity contribution is 7.10. The molecule has 1 aromatic heterocycles. The molecule has 1 aromatic rings. The summed E-state index contributed by atoms with van der Waals surface area (Å²) in [6.07, 6.45) is 0. The van der Waals surface area contributed by atoms with Gasteiger partial charge in [0.15, 0.2) is 0 Å². The van der Waals surface area contributed by atoms with Crippen LogP contribution in [0, 0.1) is 5.41 Å². The molecule has 0 aliphatic carbocycles. The first-order valence-electron chi connectivity index (χ1n) is 4.08. The second kappa shape index (κ2) is 3.96. The van der Waals surface area contributed by atoms with Gasteiger partial charge >= 0.3 is 0 Å². The molecule has 0 bridgehead atoms. The van der Waals surface area contributed by atoms with Crippen molar-refractivity contribution < 1.29 is 5.11 Å². The van der Waals surface area contributed by atoms with Crippen molar-refractivity contribution in [1.29, 1.82) is 0 Å². The van der Waals surface area contributed by atoms with Crippen molar-refractivity contribution >= 4 is 22.9 Å². The van der Waals surface area contributed by atoms with Crippen LogP contribution in [0.4, 0.5) is 0 Å². The Hall–Kier alpha value is -0.0900. The fraction of sp³-hybridized carbons (Fsp3) is 0.556. The molecule has 1 heterocycles. The highest BCUT2D eigenvalue weighted by Crippen LogP contribution is 2.37. The minimum Gasteiger partial charge on any atom is -0.396 e. The highest BCUT2D eigenvalue weighted by Gasteiger charge is 2.29. The van der Waals surface area contributed by atoms with Crippen LogP contribution in [0.2, 0.25) is 5.02 Å². The lowest BCUT2D eigenvalue weighted by Crippen LogP contribution is -2.31. The molecule has 74 valence electrons. The number of hydrogen-bond donors (Lipinski definition) is 2. The Morgan fingerprint density at radius 3 is 2.69 bits per heavy atom. The van der Waals surface area contributed by atoms with E-state index < -0.39 is 0 Å². The van der Waals surface area contributed by atoms with Gasteiger partial charge in [-0.05, 0) is 11.4 Å². The van der Waals surface area contributed by atoms with Gasteiger partial charge in [-0.1, -0.05) is 25.4 Å². The van der Waals surface area contributed by atoms with E-state index in [1.807, 2.05) is 25.3 Å². The molecule has 13 heavy (non-hydrogen) atoms. The van der Waals surface area contributed by atoms with Crippen LogP contribution in [0.15, 0.2) is 11.4 Å². The maximum absolute atomic E-state index is 9.14. The van der Waals surface area contributed by atoms with E-state index in [0.29, 0.717) is 5.02 Å². The number of rotatable bonds is 3. The predicted octanol–water partition coefficient (Wildman–Crippen LogP) is 2.42. The van der Waals surface area contributed by atoms with Crippen LogP contribution in [-0.2, 0) is 0 Å². The molecule has 0 aromatic carbocycles. The Morgan fingerprint density at radius 1 is 1.69 bits per heavy atom. The standard InChI is InChI=1S/C9H14ClNOS/c1-9(2,5-12)8(11)7-6(10)3-4-13-7/h3-4,8,12H,5,11H2,1-2H3/t8-/m1/s1. The molecule has 4 heteroatoms. The van der Waals surface area contributed by atoms with Crippen molar-refractivity contribution in [3.8, 4) is 0 Å². The summed E-state index contributed by atoms with van der Waals surface area (Å²) in [7, 11) is 0. The molecule has 0 aliphatic heterocycles. The lowest BCUT2D eigenvalue weighted by Gasteiger charge is -2.28. The monoisotopic (exact) mass is 219 g/mol. The van der Waals surface area contributed by atoms with Crippen molar-refractivity contribution in [2.45, 2.75) is 19.9 Å². The van der Waals surface area contributed by atoms with Gasteiger partial charge < -0.3 is 10.8 Å². The van der Waals surface area contributed by atoms with Crippen molar-refractivity contribution in [2.24, 2.45) is 11.1 Å². The Balaban J connectivity index is 2.91. The van der Waals surface area contributed by atoms with Gasteiger partial charge in [-0.3, -0.25) is 0 Å². The molecule has 0 saturated carbocycles. The van der Waals surface area contributed by atoms with Crippen LogP contribution in [0.1, 0.15) is 24.8 Å². The second-order valence-electron chi connectivity index (χ2n) is 3.76. The zero-order valence-corrected chi connectivity index (χ0v) is 9.32. The zero-order valence-electron chi connectivity index (χ0n) is 7.75. The first kappa shape index (κ1) is 11.0. The number of nitrogens with two attached hydrogens (primary N) is 1. The number of hydrogen-bond acceptors (Lipinski definition) is 3. The Kier molecular flexibility index (Phi) is 3.35. The molecule has 3 N–H and O–H groups in total. The molecule has 0 unspecified atom stereocenters. The third kappa shape index (κ3) is 2.23. The Morgan fingerprint density at radius 2 is 2.31 bits per heavy atom. The number of halogens is 1. The van der Waals surface area contributed by atoms with E-state index in [0.717, 1.165) is 4.88 Å². The normalized spacial score (nSPS) is 14.5. The largest absolute Gasteiger partial charge is 0.396 e. The van der Waals surface area contributed by atoms with Crippen molar-refractivity contribution in [2.75, 3.05) is 6.61 Å². The smallest absolute Gasteiger partial charge is 0.0561 e. The van der Waals surface area contributed by atoms with Gasteiger partial charge in [-0.25, -0.2) is 0 Å². The average molecular weight is 220 g/mol. The summed E-state index contributed by atoms with van der Waals surface area (Å²) in [5.41, 5.74) is 5.67. The summed E-state index contributed by atoms with van der Waals surface area (Å²) in [6, 6.07) is 1.62. The third-order valence-corrected chi connectivity index (χ3v) is 3.62. The van der Waals surface area contributed by atoms with Crippen molar-refractivity contribution in [3.63, 3.8) is 0 Å². The second-order valence-corrected chi connectivity index (χ2v) is 5.11. The van der Waals surface area contributed by atoms with Gasteiger partial charge in [-0.15, -0.1) is 11.3 Å². The zero-order chi connectivity index (χ0) is 10.1. The fourth-order valence-corrected chi connectivity index (χ4v) is 2.37. The molecule has 0 radical (unpaired) electrons. The minimum absolute atomic E-state index is 0.0579. The highest BCUT2D eigenvalue weighted by atomic mass is 35.5. The molecular formula is C9H14ClNOS. The molecule has 0 fully saturated rings. The maximum Gasteiger partial charge on any atom is 0.0561 e. The molecule has 0 saturated heterocycles. The van der Waals surface area contributed by atoms with E-state index in [2.05, 4.69) is 0 Å². The number of thiophene rings is 1. The molecule has 0 spiro atoms. The van der Waals surface area contributed by atoms with Crippen molar-refractivity contribution in [3.05, 3.63) is 21.3 Å². The molecule has 1 rings (SSSR count). The summed E-state index contributed by atoms with van der Waals surface area (Å²) in [5, 5.41) is 11.7. The molecule has 0 aliphatic rings. The number of aliphatic hydroxyl groups is 1. The van der Waals surface area contributed by atoms with Crippen LogP contribution < -0.4 is 5.73 Å². The van der Waals surface area contributed by atoms with Gasteiger partial charge in [0, 0.05) is 16.3 Å². The first-order valence-corrected chi connectivity index (χ1v) is 5.34. The van der Waals surface area contributed by atoms with Crippen LogP contribution in [-0.4, -0.2) is 11.7 Å². The summed E-state index contributed by atoms with van der Waals surface area (Å²) in [4.78, 5) is 0.945. The van der Waals surface area contributed by atoms with E-state index >= 15 is 0 Å². The van der Waals surface area contributed by atoms with Gasteiger partial charge in [0.1, 0.15) is 0 Å². The predicted molar refractivity (Wildman–Crippen MR) is 57.1 cm³/mol. The summed E-state index contributed by atoms with van der Waals surface area (Å²) < 4.78 is 0. The number of aliphatic hydroxyl groups excluding tert-OH is 1.